The first-order valence-corrected chi connectivity index (χ1v) is 26.2. The Kier molecular flexibility index (Phi) is 44.7. The minimum Gasteiger partial charge on any atom is -0.462 e. The Labute approximate surface area is 368 Å². The molecule has 0 amide bonds. The molecule has 0 bridgehead atoms. The third-order valence-corrected chi connectivity index (χ3v) is 12.0. The van der Waals surface area contributed by atoms with Crippen LogP contribution in [0.3, 0.4) is 0 Å². The van der Waals surface area contributed by atoms with E-state index in [1.807, 2.05) is 0 Å². The lowest BCUT2D eigenvalue weighted by Crippen LogP contribution is -2.30. The molecule has 0 aromatic heterocycles. The average Bonchev–Trinajstić information content (AvgIpc) is 3.20. The number of hydrogen-bond acceptors (Lipinski definition) is 6. The van der Waals surface area contributed by atoms with Crippen LogP contribution in [-0.4, -0.2) is 37.2 Å². The van der Waals surface area contributed by atoms with Gasteiger partial charge in [0.05, 0.1) is 0 Å². The fourth-order valence-corrected chi connectivity index (χ4v) is 7.99. The molecule has 0 unspecified atom stereocenters. The molecule has 0 saturated heterocycles. The summed E-state index contributed by atoms with van der Waals surface area (Å²) < 4.78 is 16.8. The zero-order valence-corrected chi connectivity index (χ0v) is 40.4. The monoisotopic (exact) mass is 835 g/mol. The van der Waals surface area contributed by atoms with E-state index in [-0.39, 0.29) is 31.1 Å². The van der Waals surface area contributed by atoms with Gasteiger partial charge in [0.1, 0.15) is 13.2 Å². The van der Waals surface area contributed by atoms with Crippen molar-refractivity contribution in [3.05, 3.63) is 0 Å². The summed E-state index contributed by atoms with van der Waals surface area (Å²) in [4.78, 5) is 37.9. The van der Waals surface area contributed by atoms with E-state index in [0.29, 0.717) is 19.3 Å². The second-order valence-electron chi connectivity index (χ2n) is 19.1. The molecule has 59 heavy (non-hydrogen) atoms. The lowest BCUT2D eigenvalue weighted by molar-refractivity contribution is -0.167. The molecule has 0 aliphatic carbocycles. The van der Waals surface area contributed by atoms with Crippen molar-refractivity contribution in [3.8, 4) is 0 Å². The maximum atomic E-state index is 12.8. The van der Waals surface area contributed by atoms with Gasteiger partial charge >= 0.3 is 17.9 Å². The largest absolute Gasteiger partial charge is 0.462 e. The smallest absolute Gasteiger partial charge is 0.306 e. The molecule has 0 aliphatic heterocycles. The van der Waals surface area contributed by atoms with Crippen LogP contribution in [-0.2, 0) is 28.6 Å². The highest BCUT2D eigenvalue weighted by Crippen LogP contribution is 2.17. The minimum atomic E-state index is -0.762. The number of ether oxygens (including phenoxy) is 3. The lowest BCUT2D eigenvalue weighted by Gasteiger charge is -2.18. The molecular formula is C53H102O6. The summed E-state index contributed by atoms with van der Waals surface area (Å²) >= 11 is 0. The number of esters is 3. The third-order valence-electron chi connectivity index (χ3n) is 12.0. The average molecular weight is 835 g/mol. The minimum absolute atomic E-state index is 0.0642. The number of carbonyl (C=O) groups excluding carboxylic acids is 3. The molecule has 6 nitrogen and oxygen atoms in total. The molecule has 0 fully saturated rings. The predicted octanol–water partition coefficient (Wildman–Crippen LogP) is 16.9. The van der Waals surface area contributed by atoms with Crippen LogP contribution >= 0.6 is 0 Å². The second kappa shape index (κ2) is 45.9. The van der Waals surface area contributed by atoms with Gasteiger partial charge in [-0.15, -0.1) is 0 Å². The summed E-state index contributed by atoms with van der Waals surface area (Å²) in [7, 11) is 0. The van der Waals surface area contributed by atoms with Gasteiger partial charge in [0.2, 0.25) is 0 Å². The van der Waals surface area contributed by atoms with Gasteiger partial charge in [-0.1, -0.05) is 253 Å². The van der Waals surface area contributed by atoms with Crippen molar-refractivity contribution in [2.24, 2.45) is 11.8 Å². The maximum absolute atomic E-state index is 12.8. The molecule has 0 aliphatic rings. The van der Waals surface area contributed by atoms with Crippen molar-refractivity contribution in [1.29, 1.82) is 0 Å². The van der Waals surface area contributed by atoms with Gasteiger partial charge in [-0.05, 0) is 31.1 Å². The number of unbranched alkanes of at least 4 members (excludes halogenated alkanes) is 32. The van der Waals surface area contributed by atoms with Crippen LogP contribution in [0.2, 0.25) is 0 Å². The molecule has 6 heteroatoms. The Morgan fingerprint density at radius 2 is 0.559 bits per heavy atom. The third kappa shape index (κ3) is 47.3. The fraction of sp³-hybridized carbons (Fsp3) is 0.943. The summed E-state index contributed by atoms with van der Waals surface area (Å²) in [6, 6.07) is 0. The van der Waals surface area contributed by atoms with Crippen molar-refractivity contribution in [2.75, 3.05) is 13.2 Å². The van der Waals surface area contributed by atoms with Crippen LogP contribution in [0.15, 0.2) is 0 Å². The van der Waals surface area contributed by atoms with Gasteiger partial charge in [0.25, 0.3) is 0 Å². The molecular weight excluding hydrogens is 733 g/mol. The number of hydrogen-bond donors (Lipinski definition) is 0. The summed E-state index contributed by atoms with van der Waals surface area (Å²) in [6.07, 6.45) is 46.7. The van der Waals surface area contributed by atoms with Crippen LogP contribution in [0.25, 0.3) is 0 Å². The summed E-state index contributed by atoms with van der Waals surface area (Å²) in [5, 5.41) is 0. The van der Waals surface area contributed by atoms with Gasteiger partial charge in [-0.25, -0.2) is 0 Å². The molecule has 0 rings (SSSR count). The van der Waals surface area contributed by atoms with E-state index < -0.39 is 6.10 Å². The molecule has 1 atom stereocenters. The highest BCUT2D eigenvalue weighted by atomic mass is 16.6. The summed E-state index contributed by atoms with van der Waals surface area (Å²) in [5.74, 6) is 0.751. The van der Waals surface area contributed by atoms with Gasteiger partial charge in [0, 0.05) is 19.3 Å². The van der Waals surface area contributed by atoms with E-state index in [1.54, 1.807) is 0 Å². The van der Waals surface area contributed by atoms with Crippen molar-refractivity contribution in [3.63, 3.8) is 0 Å². The normalized spacial score (nSPS) is 12.1. The lowest BCUT2D eigenvalue weighted by atomic mass is 10.0. The van der Waals surface area contributed by atoms with Crippen LogP contribution in [0.1, 0.15) is 291 Å². The van der Waals surface area contributed by atoms with Crippen molar-refractivity contribution in [1.82, 2.24) is 0 Å². The van der Waals surface area contributed by atoms with Crippen molar-refractivity contribution in [2.45, 2.75) is 298 Å². The summed E-state index contributed by atoms with van der Waals surface area (Å²) in [5.41, 5.74) is 0. The first kappa shape index (κ1) is 57.4. The van der Waals surface area contributed by atoms with Crippen LogP contribution < -0.4 is 0 Å². The molecule has 0 N–H and O–H groups in total. The molecule has 0 heterocycles. The van der Waals surface area contributed by atoms with E-state index >= 15 is 0 Å². The Bertz CT molecular complexity index is 900. The number of carbonyl (C=O) groups is 3. The van der Waals surface area contributed by atoms with Crippen LogP contribution in [0, 0.1) is 11.8 Å². The highest BCUT2D eigenvalue weighted by Gasteiger charge is 2.19. The first-order valence-electron chi connectivity index (χ1n) is 26.2. The van der Waals surface area contributed by atoms with E-state index in [1.165, 1.54) is 180 Å². The molecule has 350 valence electrons. The molecule has 0 spiro atoms. The first-order chi connectivity index (χ1) is 28.7. The maximum Gasteiger partial charge on any atom is 0.306 e. The summed E-state index contributed by atoms with van der Waals surface area (Å²) in [6.45, 7) is 11.3. The Balaban J connectivity index is 4.26. The SMILES string of the molecule is CCCCCCCCCCCCCCCCCCCCC(=O)OC[C@H](COC(=O)CCCCCCCCCCC(C)C)OC(=O)CCCCCCCCCCCC(C)C. The Hall–Kier alpha value is -1.59. The standard InChI is InChI=1S/C53H102O6/c1-6-7-8-9-10-11-12-13-14-15-16-17-18-19-22-28-33-38-43-51(54)57-46-50(47-58-52(55)44-39-34-29-25-24-27-32-37-42-49(4)5)59-53(56)45-40-35-30-23-20-21-26-31-36-41-48(2)3/h48-50H,6-47H2,1-5H3/t50-/m1/s1. The van der Waals surface area contributed by atoms with Crippen LogP contribution in [0.4, 0.5) is 0 Å². The van der Waals surface area contributed by atoms with Crippen molar-refractivity contribution >= 4 is 17.9 Å². The van der Waals surface area contributed by atoms with Gasteiger partial charge in [-0.3, -0.25) is 14.4 Å². The van der Waals surface area contributed by atoms with Crippen LogP contribution in [0.5, 0.6) is 0 Å². The topological polar surface area (TPSA) is 78.9 Å². The molecule has 0 aromatic rings. The second-order valence-corrected chi connectivity index (χ2v) is 19.1. The van der Waals surface area contributed by atoms with E-state index in [9.17, 15) is 14.4 Å². The zero-order chi connectivity index (χ0) is 43.3. The van der Waals surface area contributed by atoms with E-state index in [0.717, 1.165) is 69.6 Å². The Morgan fingerprint density at radius 1 is 0.322 bits per heavy atom. The van der Waals surface area contributed by atoms with E-state index in [2.05, 4.69) is 34.6 Å². The molecule has 0 saturated carbocycles. The van der Waals surface area contributed by atoms with E-state index in [4.69, 9.17) is 14.2 Å². The van der Waals surface area contributed by atoms with Gasteiger partial charge in [-0.2, -0.15) is 0 Å². The van der Waals surface area contributed by atoms with Gasteiger partial charge in [0.15, 0.2) is 6.10 Å². The fourth-order valence-electron chi connectivity index (χ4n) is 7.99. The predicted molar refractivity (Wildman–Crippen MR) is 252 cm³/mol. The highest BCUT2D eigenvalue weighted by molar-refractivity contribution is 5.71. The quantitative estimate of drug-likeness (QED) is 0.0345. The van der Waals surface area contributed by atoms with Crippen molar-refractivity contribution < 1.29 is 28.6 Å². The Morgan fingerprint density at radius 3 is 0.831 bits per heavy atom. The molecule has 0 radical (unpaired) electrons. The van der Waals surface area contributed by atoms with Gasteiger partial charge < -0.3 is 14.2 Å². The zero-order valence-electron chi connectivity index (χ0n) is 40.4. The number of rotatable bonds is 47. The molecule has 0 aromatic carbocycles.